The van der Waals surface area contributed by atoms with Crippen molar-refractivity contribution in [1.82, 2.24) is 0 Å². The second-order valence-corrected chi connectivity index (χ2v) is 4.77. The van der Waals surface area contributed by atoms with Crippen LogP contribution in [0.15, 0.2) is 48.5 Å². The van der Waals surface area contributed by atoms with Crippen molar-refractivity contribution in [3.8, 4) is 0 Å². The van der Waals surface area contributed by atoms with E-state index in [9.17, 15) is 9.50 Å². The molecule has 1 aliphatic carbocycles. The molecule has 2 nitrogen and oxygen atoms in total. The molecule has 92 valence electrons. The summed E-state index contributed by atoms with van der Waals surface area (Å²) in [6, 6.07) is 13.4. The van der Waals surface area contributed by atoms with E-state index in [0.29, 0.717) is 12.0 Å². The lowest BCUT2D eigenvalue weighted by Crippen LogP contribution is -2.25. The molecule has 0 fully saturated rings. The van der Waals surface area contributed by atoms with Gasteiger partial charge in [-0.25, -0.2) is 4.39 Å². The van der Waals surface area contributed by atoms with Gasteiger partial charge < -0.3 is 10.8 Å². The van der Waals surface area contributed by atoms with Crippen molar-refractivity contribution in [2.24, 2.45) is 5.73 Å². The number of hydrogen-bond donors (Lipinski definition) is 2. The molecule has 3 N–H and O–H groups in total. The van der Waals surface area contributed by atoms with Crippen molar-refractivity contribution in [1.29, 1.82) is 0 Å². The number of rotatable bonds is 1. The van der Waals surface area contributed by atoms with Gasteiger partial charge in [-0.3, -0.25) is 0 Å². The molecular formula is C15H14FNO. The molecular weight excluding hydrogens is 229 g/mol. The molecule has 0 aromatic heterocycles. The molecule has 2 atom stereocenters. The summed E-state index contributed by atoms with van der Waals surface area (Å²) < 4.78 is 13.0. The summed E-state index contributed by atoms with van der Waals surface area (Å²) in [6.07, 6.45) is 0.429. The molecule has 0 aliphatic heterocycles. The minimum Gasteiger partial charge on any atom is -0.380 e. The normalized spacial score (nSPS) is 26.1. The van der Waals surface area contributed by atoms with Crippen LogP contribution in [-0.4, -0.2) is 5.11 Å². The molecule has 0 spiro atoms. The Morgan fingerprint density at radius 3 is 2.50 bits per heavy atom. The third-order valence-corrected chi connectivity index (χ3v) is 3.64. The van der Waals surface area contributed by atoms with Crippen LogP contribution in [0.2, 0.25) is 0 Å². The monoisotopic (exact) mass is 243 g/mol. The minimum absolute atomic E-state index is 0.184. The van der Waals surface area contributed by atoms with Crippen LogP contribution < -0.4 is 5.73 Å². The van der Waals surface area contributed by atoms with E-state index in [0.717, 1.165) is 11.1 Å². The van der Waals surface area contributed by atoms with E-state index in [1.54, 1.807) is 12.1 Å². The Hall–Kier alpha value is -1.71. The zero-order valence-corrected chi connectivity index (χ0v) is 9.81. The molecule has 1 aliphatic rings. The maximum Gasteiger partial charge on any atom is 0.123 e. The van der Waals surface area contributed by atoms with Gasteiger partial charge in [0.25, 0.3) is 0 Å². The van der Waals surface area contributed by atoms with E-state index in [4.69, 9.17) is 5.73 Å². The summed E-state index contributed by atoms with van der Waals surface area (Å²) in [4.78, 5) is 0. The van der Waals surface area contributed by atoms with E-state index >= 15 is 0 Å². The van der Waals surface area contributed by atoms with Crippen LogP contribution in [0, 0.1) is 5.82 Å². The average Bonchev–Trinajstić information content (AvgIpc) is 2.64. The van der Waals surface area contributed by atoms with Crippen LogP contribution in [0.1, 0.15) is 29.2 Å². The Morgan fingerprint density at radius 2 is 1.78 bits per heavy atom. The van der Waals surface area contributed by atoms with E-state index < -0.39 is 5.60 Å². The Kier molecular flexibility index (Phi) is 2.47. The molecule has 3 heteroatoms. The predicted molar refractivity (Wildman–Crippen MR) is 67.4 cm³/mol. The largest absolute Gasteiger partial charge is 0.380 e. The third kappa shape index (κ3) is 1.55. The second-order valence-electron chi connectivity index (χ2n) is 4.77. The molecule has 0 saturated carbocycles. The molecule has 0 bridgehead atoms. The van der Waals surface area contributed by atoms with Gasteiger partial charge in [0, 0.05) is 12.5 Å². The molecule has 2 unspecified atom stereocenters. The minimum atomic E-state index is -1.11. The SMILES string of the molecule is NC1CC(O)(c2ccc(F)cc2)c2ccccc21. The molecule has 2 aromatic rings. The van der Waals surface area contributed by atoms with Crippen molar-refractivity contribution in [3.63, 3.8) is 0 Å². The fraction of sp³-hybridized carbons (Fsp3) is 0.200. The summed E-state index contributed by atoms with van der Waals surface area (Å²) in [6.45, 7) is 0. The predicted octanol–water partition coefficient (Wildman–Crippen LogP) is 2.47. The van der Waals surface area contributed by atoms with Gasteiger partial charge >= 0.3 is 0 Å². The third-order valence-electron chi connectivity index (χ3n) is 3.64. The summed E-state index contributed by atoms with van der Waals surface area (Å²) in [5, 5.41) is 10.9. The molecule has 0 radical (unpaired) electrons. The lowest BCUT2D eigenvalue weighted by molar-refractivity contribution is 0.0775. The first-order valence-electron chi connectivity index (χ1n) is 5.95. The smallest absolute Gasteiger partial charge is 0.123 e. The van der Waals surface area contributed by atoms with Crippen LogP contribution in [0.25, 0.3) is 0 Å². The highest BCUT2D eigenvalue weighted by Gasteiger charge is 2.42. The number of hydrogen-bond acceptors (Lipinski definition) is 2. The molecule has 3 rings (SSSR count). The van der Waals surface area contributed by atoms with E-state index in [1.165, 1.54) is 12.1 Å². The van der Waals surface area contributed by atoms with E-state index in [1.807, 2.05) is 24.3 Å². The molecule has 2 aromatic carbocycles. The highest BCUT2D eigenvalue weighted by Crippen LogP contribution is 2.45. The zero-order chi connectivity index (χ0) is 12.8. The molecule has 0 heterocycles. The first-order chi connectivity index (χ1) is 8.61. The van der Waals surface area contributed by atoms with Gasteiger partial charge in [0.05, 0.1) is 0 Å². The van der Waals surface area contributed by atoms with Crippen molar-refractivity contribution in [3.05, 3.63) is 71.0 Å². The summed E-state index contributed by atoms with van der Waals surface area (Å²) in [5.41, 5.74) is 7.42. The quantitative estimate of drug-likeness (QED) is 0.808. The van der Waals surface area contributed by atoms with Gasteiger partial charge in [0.1, 0.15) is 11.4 Å². The highest BCUT2D eigenvalue weighted by atomic mass is 19.1. The second kappa shape index (κ2) is 3.90. The number of fused-ring (bicyclic) bond motifs is 1. The van der Waals surface area contributed by atoms with E-state index in [2.05, 4.69) is 0 Å². The summed E-state index contributed by atoms with van der Waals surface area (Å²) in [7, 11) is 0. The Labute approximate surface area is 105 Å². The molecule has 0 saturated heterocycles. The summed E-state index contributed by atoms with van der Waals surface area (Å²) >= 11 is 0. The fourth-order valence-corrected chi connectivity index (χ4v) is 2.73. The zero-order valence-electron chi connectivity index (χ0n) is 9.81. The highest BCUT2D eigenvalue weighted by molar-refractivity contribution is 5.47. The fourth-order valence-electron chi connectivity index (χ4n) is 2.73. The van der Waals surface area contributed by atoms with Crippen LogP contribution in [0.3, 0.4) is 0 Å². The van der Waals surface area contributed by atoms with Crippen molar-refractivity contribution < 1.29 is 9.50 Å². The molecule has 0 amide bonds. The number of benzene rings is 2. The van der Waals surface area contributed by atoms with Crippen molar-refractivity contribution in [2.75, 3.05) is 0 Å². The van der Waals surface area contributed by atoms with Crippen molar-refractivity contribution in [2.45, 2.75) is 18.1 Å². The van der Waals surface area contributed by atoms with Gasteiger partial charge in [0.2, 0.25) is 0 Å². The maximum absolute atomic E-state index is 13.0. The van der Waals surface area contributed by atoms with Crippen LogP contribution in [0.5, 0.6) is 0 Å². The Bertz CT molecular complexity index is 581. The first-order valence-corrected chi connectivity index (χ1v) is 5.95. The number of nitrogens with two attached hydrogens (primary N) is 1. The van der Waals surface area contributed by atoms with Gasteiger partial charge in [-0.2, -0.15) is 0 Å². The van der Waals surface area contributed by atoms with Crippen LogP contribution in [-0.2, 0) is 5.60 Å². The topological polar surface area (TPSA) is 46.2 Å². The Morgan fingerprint density at radius 1 is 1.11 bits per heavy atom. The van der Waals surface area contributed by atoms with Gasteiger partial charge in [-0.1, -0.05) is 36.4 Å². The Balaban J connectivity index is 2.14. The van der Waals surface area contributed by atoms with Crippen molar-refractivity contribution >= 4 is 0 Å². The van der Waals surface area contributed by atoms with Gasteiger partial charge in [-0.05, 0) is 28.8 Å². The average molecular weight is 243 g/mol. The molecule has 18 heavy (non-hydrogen) atoms. The van der Waals surface area contributed by atoms with Gasteiger partial charge in [0.15, 0.2) is 0 Å². The lowest BCUT2D eigenvalue weighted by atomic mass is 9.88. The summed E-state index contributed by atoms with van der Waals surface area (Å²) in [5.74, 6) is -0.307. The van der Waals surface area contributed by atoms with E-state index in [-0.39, 0.29) is 11.9 Å². The number of halogens is 1. The van der Waals surface area contributed by atoms with Crippen LogP contribution in [0.4, 0.5) is 4.39 Å². The van der Waals surface area contributed by atoms with Gasteiger partial charge in [-0.15, -0.1) is 0 Å². The maximum atomic E-state index is 13.0. The van der Waals surface area contributed by atoms with Crippen LogP contribution >= 0.6 is 0 Å². The first kappa shape index (κ1) is 11.4. The lowest BCUT2D eigenvalue weighted by Gasteiger charge is -2.24. The standard InChI is InChI=1S/C15H14FNO/c16-11-7-5-10(6-8-11)15(18)9-14(17)12-3-1-2-4-13(12)15/h1-8,14,18H,9,17H2. The number of aliphatic hydroxyl groups is 1.